The summed E-state index contributed by atoms with van der Waals surface area (Å²) < 4.78 is 5.55. The van der Waals surface area contributed by atoms with Crippen LogP contribution in [0.3, 0.4) is 0 Å². The van der Waals surface area contributed by atoms with Gasteiger partial charge in [-0.3, -0.25) is 0 Å². The third-order valence-corrected chi connectivity index (χ3v) is 2.94. The quantitative estimate of drug-likeness (QED) is 0.781. The topological polar surface area (TPSA) is 67.3 Å². The van der Waals surface area contributed by atoms with Crippen molar-refractivity contribution in [3.63, 3.8) is 0 Å². The Kier molecular flexibility index (Phi) is 3.93. The zero-order chi connectivity index (χ0) is 12.3. The Bertz CT molecular complexity index is 381. The number of nitrogens with zero attached hydrogens (tertiary/aromatic N) is 2. The molecule has 5 nitrogen and oxygen atoms in total. The SMILES string of the molecule is CC(O)(CC1CNCCO1)c1nccc(Cl)n1. The summed E-state index contributed by atoms with van der Waals surface area (Å²) in [6, 6.07) is 1.58. The van der Waals surface area contributed by atoms with Gasteiger partial charge >= 0.3 is 0 Å². The highest BCUT2D eigenvalue weighted by molar-refractivity contribution is 6.29. The molecule has 0 aromatic carbocycles. The first-order chi connectivity index (χ1) is 8.08. The Balaban J connectivity index is 2.06. The van der Waals surface area contributed by atoms with E-state index in [9.17, 15) is 5.11 Å². The molecule has 1 aromatic heterocycles. The molecule has 1 fully saturated rings. The number of nitrogens with one attached hydrogen (secondary N) is 1. The maximum Gasteiger partial charge on any atom is 0.161 e. The molecule has 1 aromatic rings. The molecule has 1 aliphatic rings. The van der Waals surface area contributed by atoms with Crippen LogP contribution < -0.4 is 5.32 Å². The minimum absolute atomic E-state index is 0.0265. The standard InChI is InChI=1S/C11H16ClN3O2/c1-11(16,6-8-7-13-4-5-17-8)10-14-3-2-9(12)15-10/h2-3,8,13,16H,4-7H2,1H3. The van der Waals surface area contributed by atoms with E-state index in [-0.39, 0.29) is 6.10 Å². The summed E-state index contributed by atoms with van der Waals surface area (Å²) in [4.78, 5) is 8.09. The molecular formula is C11H16ClN3O2. The average Bonchev–Trinajstić information content (AvgIpc) is 2.30. The van der Waals surface area contributed by atoms with Crippen LogP contribution in [0.15, 0.2) is 12.3 Å². The molecule has 2 N–H and O–H groups in total. The van der Waals surface area contributed by atoms with Crippen molar-refractivity contribution in [1.82, 2.24) is 15.3 Å². The molecule has 2 rings (SSSR count). The van der Waals surface area contributed by atoms with Crippen molar-refractivity contribution in [3.05, 3.63) is 23.2 Å². The lowest BCUT2D eigenvalue weighted by Crippen LogP contribution is -2.42. The smallest absolute Gasteiger partial charge is 0.161 e. The summed E-state index contributed by atoms with van der Waals surface area (Å²) in [7, 11) is 0. The lowest BCUT2D eigenvalue weighted by Gasteiger charge is -2.30. The van der Waals surface area contributed by atoms with Crippen molar-refractivity contribution in [1.29, 1.82) is 0 Å². The van der Waals surface area contributed by atoms with E-state index in [1.165, 1.54) is 0 Å². The van der Waals surface area contributed by atoms with E-state index < -0.39 is 5.60 Å². The lowest BCUT2D eigenvalue weighted by atomic mass is 9.97. The van der Waals surface area contributed by atoms with E-state index >= 15 is 0 Å². The summed E-state index contributed by atoms with van der Waals surface area (Å²) in [5.41, 5.74) is -1.13. The Labute approximate surface area is 105 Å². The van der Waals surface area contributed by atoms with Crippen LogP contribution in [0.25, 0.3) is 0 Å². The average molecular weight is 258 g/mol. The second-order valence-corrected chi connectivity index (χ2v) is 4.77. The number of rotatable bonds is 3. The summed E-state index contributed by atoms with van der Waals surface area (Å²) in [6.45, 7) is 3.93. The van der Waals surface area contributed by atoms with Gasteiger partial charge in [-0.15, -0.1) is 0 Å². The molecule has 0 bridgehead atoms. The van der Waals surface area contributed by atoms with Crippen LogP contribution in [0.1, 0.15) is 19.2 Å². The van der Waals surface area contributed by atoms with Gasteiger partial charge in [0.25, 0.3) is 0 Å². The maximum absolute atomic E-state index is 10.4. The van der Waals surface area contributed by atoms with E-state index in [2.05, 4.69) is 15.3 Å². The fourth-order valence-corrected chi connectivity index (χ4v) is 2.02. The molecule has 94 valence electrons. The zero-order valence-electron chi connectivity index (χ0n) is 9.69. The number of ether oxygens (including phenoxy) is 1. The van der Waals surface area contributed by atoms with E-state index in [4.69, 9.17) is 16.3 Å². The van der Waals surface area contributed by atoms with E-state index in [0.29, 0.717) is 24.0 Å². The number of morpholine rings is 1. The van der Waals surface area contributed by atoms with Gasteiger partial charge in [0.15, 0.2) is 5.82 Å². The van der Waals surface area contributed by atoms with Gasteiger partial charge in [-0.05, 0) is 13.0 Å². The zero-order valence-corrected chi connectivity index (χ0v) is 10.4. The molecule has 0 aliphatic carbocycles. The van der Waals surface area contributed by atoms with Gasteiger partial charge in [0, 0.05) is 25.7 Å². The number of aliphatic hydroxyl groups is 1. The van der Waals surface area contributed by atoms with Crippen LogP contribution in [0, 0.1) is 0 Å². The molecular weight excluding hydrogens is 242 g/mol. The van der Waals surface area contributed by atoms with E-state index in [1.807, 2.05) is 0 Å². The van der Waals surface area contributed by atoms with Crippen molar-refractivity contribution in [2.24, 2.45) is 0 Å². The molecule has 2 unspecified atom stereocenters. The third-order valence-electron chi connectivity index (χ3n) is 2.73. The second-order valence-electron chi connectivity index (χ2n) is 4.38. The summed E-state index contributed by atoms with van der Waals surface area (Å²) in [6.07, 6.45) is 1.96. The van der Waals surface area contributed by atoms with Gasteiger partial charge in [0.05, 0.1) is 12.7 Å². The first-order valence-electron chi connectivity index (χ1n) is 5.62. The molecule has 0 amide bonds. The van der Waals surface area contributed by atoms with Crippen LogP contribution in [-0.4, -0.2) is 40.9 Å². The Morgan fingerprint density at radius 3 is 3.18 bits per heavy atom. The number of halogens is 1. The Morgan fingerprint density at radius 2 is 2.53 bits per heavy atom. The predicted octanol–water partition coefficient (Wildman–Crippen LogP) is 0.716. The molecule has 17 heavy (non-hydrogen) atoms. The van der Waals surface area contributed by atoms with Gasteiger partial charge < -0.3 is 15.2 Å². The summed E-state index contributed by atoms with van der Waals surface area (Å²) >= 11 is 5.79. The Morgan fingerprint density at radius 1 is 1.71 bits per heavy atom. The van der Waals surface area contributed by atoms with Crippen LogP contribution in [0.5, 0.6) is 0 Å². The first-order valence-corrected chi connectivity index (χ1v) is 5.99. The van der Waals surface area contributed by atoms with Gasteiger partial charge in [-0.1, -0.05) is 11.6 Å². The van der Waals surface area contributed by atoms with Crippen molar-refractivity contribution in [2.75, 3.05) is 19.7 Å². The van der Waals surface area contributed by atoms with Gasteiger partial charge in [0.2, 0.25) is 0 Å². The van der Waals surface area contributed by atoms with Crippen molar-refractivity contribution >= 4 is 11.6 Å². The van der Waals surface area contributed by atoms with Crippen LogP contribution >= 0.6 is 11.6 Å². The number of hydrogen-bond donors (Lipinski definition) is 2. The normalized spacial score (nSPS) is 24.3. The van der Waals surface area contributed by atoms with Crippen LogP contribution in [0.2, 0.25) is 5.15 Å². The minimum Gasteiger partial charge on any atom is -0.382 e. The number of hydrogen-bond acceptors (Lipinski definition) is 5. The molecule has 2 atom stereocenters. The summed E-state index contributed by atoms with van der Waals surface area (Å²) in [5, 5.41) is 13.9. The lowest BCUT2D eigenvalue weighted by molar-refractivity contribution is -0.0482. The van der Waals surface area contributed by atoms with Crippen molar-refractivity contribution < 1.29 is 9.84 Å². The molecule has 1 aliphatic heterocycles. The highest BCUT2D eigenvalue weighted by Crippen LogP contribution is 2.25. The minimum atomic E-state index is -1.13. The van der Waals surface area contributed by atoms with E-state index in [1.54, 1.807) is 19.2 Å². The number of aromatic nitrogens is 2. The van der Waals surface area contributed by atoms with E-state index in [0.717, 1.165) is 13.1 Å². The third kappa shape index (κ3) is 3.35. The van der Waals surface area contributed by atoms with Crippen LogP contribution in [-0.2, 0) is 10.3 Å². The van der Waals surface area contributed by atoms with Gasteiger partial charge in [0.1, 0.15) is 10.8 Å². The highest BCUT2D eigenvalue weighted by atomic mass is 35.5. The monoisotopic (exact) mass is 257 g/mol. The van der Waals surface area contributed by atoms with Crippen molar-refractivity contribution in [2.45, 2.75) is 25.0 Å². The van der Waals surface area contributed by atoms with Gasteiger partial charge in [-0.25, -0.2) is 9.97 Å². The largest absolute Gasteiger partial charge is 0.382 e. The van der Waals surface area contributed by atoms with Crippen LogP contribution in [0.4, 0.5) is 0 Å². The van der Waals surface area contributed by atoms with Gasteiger partial charge in [-0.2, -0.15) is 0 Å². The summed E-state index contributed by atoms with van der Waals surface area (Å²) in [5.74, 6) is 0.333. The predicted molar refractivity (Wildman–Crippen MR) is 63.8 cm³/mol. The molecule has 1 saturated heterocycles. The molecule has 2 heterocycles. The molecule has 0 radical (unpaired) electrons. The fourth-order valence-electron chi connectivity index (χ4n) is 1.88. The second kappa shape index (κ2) is 5.27. The van der Waals surface area contributed by atoms with Crippen molar-refractivity contribution in [3.8, 4) is 0 Å². The molecule has 6 heteroatoms. The first kappa shape index (κ1) is 12.7. The maximum atomic E-state index is 10.4. The Hall–Kier alpha value is -0.750. The molecule has 0 spiro atoms. The fraction of sp³-hybridized carbons (Fsp3) is 0.636. The highest BCUT2D eigenvalue weighted by Gasteiger charge is 2.31. The molecule has 0 saturated carbocycles.